The Balaban J connectivity index is 2.19. The van der Waals surface area contributed by atoms with Crippen molar-refractivity contribution in [3.8, 4) is 5.75 Å². The van der Waals surface area contributed by atoms with E-state index in [1.54, 1.807) is 18.9 Å². The maximum Gasteiger partial charge on any atom is 0.141 e. The van der Waals surface area contributed by atoms with E-state index in [0.29, 0.717) is 5.69 Å². The molecule has 0 unspecified atom stereocenters. The molecular weight excluding hydrogens is 345 g/mol. The molecule has 0 radical (unpaired) electrons. The Kier molecular flexibility index (Phi) is 4.17. The number of halogens is 1. The summed E-state index contributed by atoms with van der Waals surface area (Å²) in [5, 5.41) is 0. The molecule has 0 aliphatic rings. The maximum absolute atomic E-state index is 5.87. The number of hydrogen-bond acceptors (Lipinski definition) is 3. The SMILES string of the molecule is COc1ccc(Sc2ccc(I)cc2)cc1N. The van der Waals surface area contributed by atoms with Crippen LogP contribution in [0.3, 0.4) is 0 Å². The first-order valence-corrected chi connectivity index (χ1v) is 6.95. The number of nitrogen functional groups attached to an aromatic ring is 1. The van der Waals surface area contributed by atoms with Crippen LogP contribution in [0.5, 0.6) is 5.75 Å². The van der Waals surface area contributed by atoms with Crippen LogP contribution in [0.4, 0.5) is 5.69 Å². The van der Waals surface area contributed by atoms with Crippen molar-refractivity contribution in [2.24, 2.45) is 0 Å². The Hall–Kier alpha value is -0.880. The standard InChI is InChI=1S/C13H12INOS/c1-16-13-7-6-11(8-12(13)15)17-10-4-2-9(14)3-5-10/h2-8H,15H2,1H3. The number of rotatable bonds is 3. The fraction of sp³-hybridized carbons (Fsp3) is 0.0769. The quantitative estimate of drug-likeness (QED) is 0.665. The van der Waals surface area contributed by atoms with Crippen LogP contribution in [0.25, 0.3) is 0 Å². The molecule has 0 bridgehead atoms. The highest BCUT2D eigenvalue weighted by Crippen LogP contribution is 2.32. The highest BCUT2D eigenvalue weighted by Gasteiger charge is 2.02. The van der Waals surface area contributed by atoms with Gasteiger partial charge < -0.3 is 10.5 Å². The highest BCUT2D eigenvalue weighted by atomic mass is 127. The van der Waals surface area contributed by atoms with E-state index < -0.39 is 0 Å². The third-order valence-corrected chi connectivity index (χ3v) is 3.97. The van der Waals surface area contributed by atoms with Crippen LogP contribution in [-0.2, 0) is 0 Å². The van der Waals surface area contributed by atoms with Crippen LogP contribution in [0.1, 0.15) is 0 Å². The second kappa shape index (κ2) is 5.64. The molecule has 0 saturated heterocycles. The topological polar surface area (TPSA) is 35.2 Å². The molecule has 0 aliphatic heterocycles. The molecule has 2 aromatic rings. The lowest BCUT2D eigenvalue weighted by Gasteiger charge is -2.07. The molecule has 0 fully saturated rings. The summed E-state index contributed by atoms with van der Waals surface area (Å²) in [4.78, 5) is 2.32. The third-order valence-electron chi connectivity index (χ3n) is 2.25. The Morgan fingerprint density at radius 2 is 1.71 bits per heavy atom. The average Bonchev–Trinajstić information content (AvgIpc) is 2.32. The van der Waals surface area contributed by atoms with Crippen LogP contribution >= 0.6 is 34.4 Å². The molecule has 2 N–H and O–H groups in total. The summed E-state index contributed by atoms with van der Waals surface area (Å²) in [7, 11) is 1.62. The molecule has 88 valence electrons. The van der Waals surface area contributed by atoms with Crippen molar-refractivity contribution in [2.45, 2.75) is 9.79 Å². The second-order valence-electron chi connectivity index (χ2n) is 3.46. The lowest BCUT2D eigenvalue weighted by molar-refractivity contribution is 0.416. The van der Waals surface area contributed by atoms with Crippen molar-refractivity contribution in [1.29, 1.82) is 0 Å². The smallest absolute Gasteiger partial charge is 0.141 e. The van der Waals surface area contributed by atoms with Gasteiger partial charge in [-0.15, -0.1) is 0 Å². The zero-order valence-electron chi connectivity index (χ0n) is 9.31. The normalized spacial score (nSPS) is 10.2. The summed E-state index contributed by atoms with van der Waals surface area (Å²) in [6.07, 6.45) is 0. The average molecular weight is 357 g/mol. The van der Waals surface area contributed by atoms with E-state index in [9.17, 15) is 0 Å². The van der Waals surface area contributed by atoms with Crippen LogP contribution in [0.15, 0.2) is 52.3 Å². The molecule has 2 nitrogen and oxygen atoms in total. The lowest BCUT2D eigenvalue weighted by atomic mass is 10.3. The third kappa shape index (κ3) is 3.29. The molecule has 0 aliphatic carbocycles. The molecular formula is C13H12INOS. The number of benzene rings is 2. The van der Waals surface area contributed by atoms with Gasteiger partial charge in [-0.1, -0.05) is 11.8 Å². The van der Waals surface area contributed by atoms with Gasteiger partial charge in [0.15, 0.2) is 0 Å². The number of hydrogen-bond donors (Lipinski definition) is 1. The van der Waals surface area contributed by atoms with Gasteiger partial charge in [0.1, 0.15) is 5.75 Å². The largest absolute Gasteiger partial charge is 0.495 e. The fourth-order valence-electron chi connectivity index (χ4n) is 1.41. The van der Waals surface area contributed by atoms with E-state index in [1.165, 1.54) is 8.47 Å². The summed E-state index contributed by atoms with van der Waals surface area (Å²) < 4.78 is 6.37. The molecule has 0 aromatic heterocycles. The Morgan fingerprint density at radius 3 is 2.29 bits per heavy atom. The van der Waals surface area contributed by atoms with Crippen LogP contribution < -0.4 is 10.5 Å². The number of anilines is 1. The predicted molar refractivity (Wildman–Crippen MR) is 80.7 cm³/mol. The van der Waals surface area contributed by atoms with Gasteiger partial charge in [0.25, 0.3) is 0 Å². The molecule has 2 aromatic carbocycles. The van der Waals surface area contributed by atoms with Gasteiger partial charge in [-0.05, 0) is 65.1 Å². The van der Waals surface area contributed by atoms with Crippen molar-refractivity contribution in [2.75, 3.05) is 12.8 Å². The molecule has 0 amide bonds. The molecule has 4 heteroatoms. The van der Waals surface area contributed by atoms with Gasteiger partial charge in [0.2, 0.25) is 0 Å². The first-order chi connectivity index (χ1) is 8.19. The van der Waals surface area contributed by atoms with Crippen molar-refractivity contribution < 1.29 is 4.74 Å². The van der Waals surface area contributed by atoms with Gasteiger partial charge >= 0.3 is 0 Å². The zero-order valence-corrected chi connectivity index (χ0v) is 12.3. The molecule has 0 atom stereocenters. The summed E-state index contributed by atoms with van der Waals surface area (Å²) >= 11 is 3.99. The van der Waals surface area contributed by atoms with E-state index >= 15 is 0 Å². The first-order valence-electron chi connectivity index (χ1n) is 5.06. The zero-order chi connectivity index (χ0) is 12.3. The minimum Gasteiger partial charge on any atom is -0.495 e. The van der Waals surface area contributed by atoms with Gasteiger partial charge in [-0.25, -0.2) is 0 Å². The summed E-state index contributed by atoms with van der Waals surface area (Å²) in [6, 6.07) is 14.2. The summed E-state index contributed by atoms with van der Waals surface area (Å²) in [5.41, 5.74) is 6.54. The van der Waals surface area contributed by atoms with Crippen molar-refractivity contribution in [3.63, 3.8) is 0 Å². The van der Waals surface area contributed by atoms with Gasteiger partial charge in [0, 0.05) is 13.4 Å². The van der Waals surface area contributed by atoms with Crippen molar-refractivity contribution in [3.05, 3.63) is 46.0 Å². The minimum atomic E-state index is 0.669. The minimum absolute atomic E-state index is 0.669. The number of methoxy groups -OCH3 is 1. The van der Waals surface area contributed by atoms with Crippen LogP contribution in [-0.4, -0.2) is 7.11 Å². The maximum atomic E-state index is 5.87. The number of ether oxygens (including phenoxy) is 1. The Labute approximate surface area is 119 Å². The Morgan fingerprint density at radius 1 is 1.06 bits per heavy atom. The molecule has 0 heterocycles. The van der Waals surface area contributed by atoms with Crippen LogP contribution in [0, 0.1) is 3.57 Å². The van der Waals surface area contributed by atoms with E-state index in [0.717, 1.165) is 10.6 Å². The molecule has 0 spiro atoms. The van der Waals surface area contributed by atoms with E-state index in [-0.39, 0.29) is 0 Å². The summed E-state index contributed by atoms with van der Waals surface area (Å²) in [6.45, 7) is 0. The monoisotopic (exact) mass is 357 g/mol. The highest BCUT2D eigenvalue weighted by molar-refractivity contribution is 14.1. The molecule has 2 rings (SSSR count). The fourth-order valence-corrected chi connectivity index (χ4v) is 2.64. The van der Waals surface area contributed by atoms with Crippen molar-refractivity contribution in [1.82, 2.24) is 0 Å². The molecule has 0 saturated carbocycles. The van der Waals surface area contributed by atoms with Gasteiger partial charge in [-0.3, -0.25) is 0 Å². The van der Waals surface area contributed by atoms with E-state index in [4.69, 9.17) is 10.5 Å². The molecule has 17 heavy (non-hydrogen) atoms. The predicted octanol–water partition coefficient (Wildman–Crippen LogP) is 4.03. The van der Waals surface area contributed by atoms with Gasteiger partial charge in [0.05, 0.1) is 12.8 Å². The van der Waals surface area contributed by atoms with Crippen LogP contribution in [0.2, 0.25) is 0 Å². The van der Waals surface area contributed by atoms with Gasteiger partial charge in [-0.2, -0.15) is 0 Å². The van der Waals surface area contributed by atoms with Crippen molar-refractivity contribution >= 4 is 40.0 Å². The Bertz CT molecular complexity index is 513. The number of nitrogens with two attached hydrogens (primary N) is 1. The lowest BCUT2D eigenvalue weighted by Crippen LogP contribution is -1.91. The summed E-state index contributed by atoms with van der Waals surface area (Å²) in [5.74, 6) is 0.719. The first kappa shape index (κ1) is 12.6. The van der Waals surface area contributed by atoms with E-state index in [2.05, 4.69) is 46.9 Å². The van der Waals surface area contributed by atoms with E-state index in [1.807, 2.05) is 18.2 Å². The second-order valence-corrected chi connectivity index (χ2v) is 5.85.